The molecule has 3 aromatic rings. The first-order valence-electron chi connectivity index (χ1n) is 5.46. The zero-order valence-corrected chi connectivity index (χ0v) is 8.70. The van der Waals surface area contributed by atoms with Crippen molar-refractivity contribution in [3.63, 3.8) is 0 Å². The zero-order chi connectivity index (χ0) is 10.5. The van der Waals surface area contributed by atoms with E-state index in [0.717, 1.165) is 17.5 Å². The van der Waals surface area contributed by atoms with Crippen LogP contribution in [0.4, 0.5) is 0 Å². The Morgan fingerprint density at radius 3 is 2.94 bits per heavy atom. The highest BCUT2D eigenvalue weighted by Gasteiger charge is 2.18. The quantitative estimate of drug-likeness (QED) is 0.470. The van der Waals surface area contributed by atoms with Crippen LogP contribution >= 0.6 is 0 Å². The minimum absolute atomic E-state index is 1.04. The second-order valence-electron chi connectivity index (χ2n) is 4.26. The van der Waals surface area contributed by atoms with Crippen LogP contribution < -0.4 is 0 Å². The molecule has 0 unspecified atom stereocenters. The number of rotatable bonds is 0. The molecule has 76 valence electrons. The number of benzene rings is 2. The highest BCUT2D eigenvalue weighted by atomic mass is 14.9. The van der Waals surface area contributed by atoms with E-state index < -0.39 is 0 Å². The Labute approximate surface area is 93.0 Å². The largest absolute Gasteiger partial charge is 0.345 e. The van der Waals surface area contributed by atoms with Gasteiger partial charge in [-0.1, -0.05) is 24.3 Å². The third-order valence-corrected chi connectivity index (χ3v) is 3.33. The first kappa shape index (κ1) is 8.11. The molecular formula is C14H10N2. The number of aromatic amines is 1. The molecule has 1 aliphatic carbocycles. The third-order valence-electron chi connectivity index (χ3n) is 3.33. The number of imidazole rings is 1. The number of nitrogens with one attached hydrogen (secondary N) is 1. The Morgan fingerprint density at radius 2 is 1.94 bits per heavy atom. The normalized spacial score (nSPS) is 12.8. The van der Waals surface area contributed by atoms with Crippen LogP contribution in [0.5, 0.6) is 0 Å². The Hall–Kier alpha value is -2.09. The maximum Gasteiger partial charge on any atom is 0.0931 e. The van der Waals surface area contributed by atoms with E-state index in [4.69, 9.17) is 0 Å². The van der Waals surface area contributed by atoms with Gasteiger partial charge >= 0.3 is 0 Å². The molecule has 0 saturated heterocycles. The molecule has 0 radical (unpaired) electrons. The van der Waals surface area contributed by atoms with Crippen molar-refractivity contribution in [1.82, 2.24) is 9.97 Å². The minimum Gasteiger partial charge on any atom is -0.345 e. The Morgan fingerprint density at radius 1 is 1.00 bits per heavy atom. The van der Waals surface area contributed by atoms with Gasteiger partial charge in [-0.2, -0.15) is 0 Å². The third kappa shape index (κ3) is 0.936. The van der Waals surface area contributed by atoms with E-state index in [1.54, 1.807) is 6.33 Å². The highest BCUT2D eigenvalue weighted by molar-refractivity contribution is 5.87. The van der Waals surface area contributed by atoms with Crippen LogP contribution in [0.25, 0.3) is 22.2 Å². The fraction of sp³-hybridized carbons (Fsp3) is 0.0714. The molecule has 0 amide bonds. The van der Waals surface area contributed by atoms with E-state index >= 15 is 0 Å². The van der Waals surface area contributed by atoms with Gasteiger partial charge in [0.2, 0.25) is 0 Å². The van der Waals surface area contributed by atoms with Crippen molar-refractivity contribution in [2.75, 3.05) is 0 Å². The molecule has 1 N–H and O–H groups in total. The van der Waals surface area contributed by atoms with Crippen LogP contribution in [-0.2, 0) is 6.42 Å². The van der Waals surface area contributed by atoms with E-state index in [1.165, 1.54) is 22.3 Å². The van der Waals surface area contributed by atoms with Gasteiger partial charge in [0, 0.05) is 0 Å². The summed E-state index contributed by atoms with van der Waals surface area (Å²) in [4.78, 5) is 7.48. The van der Waals surface area contributed by atoms with Crippen LogP contribution in [0.3, 0.4) is 0 Å². The number of nitrogens with zero attached hydrogens (tertiary/aromatic N) is 1. The molecule has 0 fully saturated rings. The summed E-state index contributed by atoms with van der Waals surface area (Å²) in [7, 11) is 0. The van der Waals surface area contributed by atoms with Crippen molar-refractivity contribution >= 4 is 11.0 Å². The number of aromatic nitrogens is 2. The molecule has 16 heavy (non-hydrogen) atoms. The van der Waals surface area contributed by atoms with Gasteiger partial charge in [-0.15, -0.1) is 0 Å². The van der Waals surface area contributed by atoms with Crippen LogP contribution in [0.2, 0.25) is 0 Å². The van der Waals surface area contributed by atoms with E-state index in [9.17, 15) is 0 Å². The number of hydrogen-bond donors (Lipinski definition) is 1. The lowest BCUT2D eigenvalue weighted by molar-refractivity contribution is 1.26. The van der Waals surface area contributed by atoms with Gasteiger partial charge in [-0.25, -0.2) is 4.98 Å². The minimum atomic E-state index is 1.04. The van der Waals surface area contributed by atoms with E-state index in [1.807, 2.05) is 0 Å². The molecule has 4 rings (SSSR count). The summed E-state index contributed by atoms with van der Waals surface area (Å²) in [6.07, 6.45) is 2.80. The van der Waals surface area contributed by atoms with Gasteiger partial charge in [0.25, 0.3) is 0 Å². The molecule has 2 nitrogen and oxygen atoms in total. The van der Waals surface area contributed by atoms with Crippen molar-refractivity contribution in [3.8, 4) is 11.1 Å². The lowest BCUT2D eigenvalue weighted by Crippen LogP contribution is -1.80. The lowest BCUT2D eigenvalue weighted by Gasteiger charge is -2.00. The average Bonchev–Trinajstić information content (AvgIpc) is 2.88. The van der Waals surface area contributed by atoms with Crippen molar-refractivity contribution < 1.29 is 0 Å². The van der Waals surface area contributed by atoms with Gasteiger partial charge < -0.3 is 4.98 Å². The molecular weight excluding hydrogens is 196 g/mol. The van der Waals surface area contributed by atoms with Crippen LogP contribution in [-0.4, -0.2) is 9.97 Å². The predicted molar refractivity (Wildman–Crippen MR) is 64.3 cm³/mol. The SMILES string of the molecule is c1ccc2c(c1)Cc1cc3[nH]cnc3cc1-2. The predicted octanol–water partition coefficient (Wildman–Crippen LogP) is 3.13. The van der Waals surface area contributed by atoms with Gasteiger partial charge in [0.15, 0.2) is 0 Å². The summed E-state index contributed by atoms with van der Waals surface area (Å²) in [5.41, 5.74) is 7.71. The number of H-pyrrole nitrogens is 1. The first-order chi connectivity index (χ1) is 7.92. The summed E-state index contributed by atoms with van der Waals surface area (Å²) >= 11 is 0. The maximum atomic E-state index is 4.31. The molecule has 0 aliphatic heterocycles. The smallest absolute Gasteiger partial charge is 0.0931 e. The van der Waals surface area contributed by atoms with Crippen LogP contribution in [0.15, 0.2) is 42.7 Å². The lowest BCUT2D eigenvalue weighted by atomic mass is 10.1. The van der Waals surface area contributed by atoms with Gasteiger partial charge in [0.05, 0.1) is 17.4 Å². The first-order valence-corrected chi connectivity index (χ1v) is 5.46. The summed E-state index contributed by atoms with van der Waals surface area (Å²) in [5, 5.41) is 0. The van der Waals surface area contributed by atoms with Gasteiger partial charge in [-0.05, 0) is 40.8 Å². The van der Waals surface area contributed by atoms with Crippen molar-refractivity contribution in [2.45, 2.75) is 6.42 Å². The molecule has 2 aromatic carbocycles. The Bertz CT molecular complexity index is 695. The number of fused-ring (bicyclic) bond motifs is 4. The zero-order valence-electron chi connectivity index (χ0n) is 8.70. The molecule has 0 bridgehead atoms. The average molecular weight is 206 g/mol. The fourth-order valence-electron chi connectivity index (χ4n) is 2.57. The Kier molecular flexibility index (Phi) is 1.38. The molecule has 1 aromatic heterocycles. The highest BCUT2D eigenvalue weighted by Crippen LogP contribution is 2.37. The summed E-state index contributed by atoms with van der Waals surface area (Å²) < 4.78 is 0. The van der Waals surface area contributed by atoms with Gasteiger partial charge in [0.1, 0.15) is 0 Å². The second kappa shape index (κ2) is 2.73. The molecule has 1 aliphatic rings. The van der Waals surface area contributed by atoms with Crippen LogP contribution in [0, 0.1) is 0 Å². The second-order valence-corrected chi connectivity index (χ2v) is 4.26. The van der Waals surface area contributed by atoms with Gasteiger partial charge in [-0.3, -0.25) is 0 Å². The standard InChI is InChI=1S/C14H10N2/c1-2-4-11-9(3-1)5-10-6-13-14(7-12(10)11)16-8-15-13/h1-4,6-8H,5H2,(H,15,16). The van der Waals surface area contributed by atoms with E-state index in [0.29, 0.717) is 0 Å². The van der Waals surface area contributed by atoms with E-state index in [2.05, 4.69) is 46.4 Å². The van der Waals surface area contributed by atoms with Crippen molar-refractivity contribution in [2.24, 2.45) is 0 Å². The molecule has 2 heteroatoms. The Balaban J connectivity index is 2.09. The molecule has 0 saturated carbocycles. The number of hydrogen-bond acceptors (Lipinski definition) is 1. The van der Waals surface area contributed by atoms with Crippen molar-refractivity contribution in [1.29, 1.82) is 0 Å². The summed E-state index contributed by atoms with van der Waals surface area (Å²) in [6.45, 7) is 0. The topological polar surface area (TPSA) is 28.7 Å². The molecule has 0 atom stereocenters. The summed E-state index contributed by atoms with van der Waals surface area (Å²) in [6, 6.07) is 13.0. The van der Waals surface area contributed by atoms with Crippen LogP contribution in [0.1, 0.15) is 11.1 Å². The fourth-order valence-corrected chi connectivity index (χ4v) is 2.57. The van der Waals surface area contributed by atoms with Crippen molar-refractivity contribution in [3.05, 3.63) is 53.9 Å². The summed E-state index contributed by atoms with van der Waals surface area (Å²) in [5.74, 6) is 0. The molecule has 0 spiro atoms. The molecule has 1 heterocycles. The maximum absolute atomic E-state index is 4.31. The van der Waals surface area contributed by atoms with E-state index in [-0.39, 0.29) is 0 Å². The monoisotopic (exact) mass is 206 g/mol.